The molecule has 0 aliphatic carbocycles. The maximum absolute atomic E-state index is 12.4. The van der Waals surface area contributed by atoms with Gasteiger partial charge in [-0.1, -0.05) is 0 Å². The van der Waals surface area contributed by atoms with Gasteiger partial charge in [-0.2, -0.15) is 0 Å². The summed E-state index contributed by atoms with van der Waals surface area (Å²) in [5.41, 5.74) is 0. The lowest BCUT2D eigenvalue weighted by Gasteiger charge is -2.18. The highest BCUT2D eigenvalue weighted by molar-refractivity contribution is 7.62. The predicted octanol–water partition coefficient (Wildman–Crippen LogP) is 1.98. The Morgan fingerprint density at radius 3 is 2.44 bits per heavy atom. The molecule has 0 bridgehead atoms. The van der Waals surface area contributed by atoms with Crippen molar-refractivity contribution in [1.82, 2.24) is 4.98 Å². The highest BCUT2D eigenvalue weighted by atomic mass is 31.2. The molecule has 0 amide bonds. The molecule has 1 aromatic rings. The van der Waals surface area contributed by atoms with Crippen molar-refractivity contribution < 1.29 is 18.3 Å². The average molecular weight is 245 g/mol. The van der Waals surface area contributed by atoms with Crippen LogP contribution in [0, 0.1) is 0 Å². The number of hydrogen-bond acceptors (Lipinski definition) is 5. The Hall–Kier alpha value is -0.900. The summed E-state index contributed by atoms with van der Waals surface area (Å²) in [5.74, 6) is 0.271. The standard InChI is InChI=1S/C10H16NO4P/c1-4-14-16(12,15-5-2)9-7-6-8-11-10(9)13-3/h6-8H,4-5H2,1-3H3. The Morgan fingerprint density at radius 1 is 1.31 bits per heavy atom. The molecule has 0 N–H and O–H groups in total. The fraction of sp³-hybridized carbons (Fsp3) is 0.500. The summed E-state index contributed by atoms with van der Waals surface area (Å²) < 4.78 is 27.9. The van der Waals surface area contributed by atoms with Gasteiger partial charge in [0, 0.05) is 6.20 Å². The SMILES string of the molecule is CCOP(=O)(OCC)c1cccnc1OC. The molecular weight excluding hydrogens is 229 g/mol. The van der Waals surface area contributed by atoms with E-state index in [1.54, 1.807) is 32.2 Å². The van der Waals surface area contributed by atoms with Gasteiger partial charge < -0.3 is 13.8 Å². The molecule has 0 fully saturated rings. The molecule has 0 unspecified atom stereocenters. The van der Waals surface area contributed by atoms with E-state index >= 15 is 0 Å². The Morgan fingerprint density at radius 2 is 1.94 bits per heavy atom. The third-order valence-corrected chi connectivity index (χ3v) is 3.96. The fourth-order valence-corrected chi connectivity index (χ4v) is 2.95. The van der Waals surface area contributed by atoms with Crippen LogP contribution in [-0.4, -0.2) is 25.3 Å². The smallest absolute Gasteiger partial charge is 0.366 e. The summed E-state index contributed by atoms with van der Waals surface area (Å²) in [4.78, 5) is 3.97. The van der Waals surface area contributed by atoms with Crippen molar-refractivity contribution in [2.24, 2.45) is 0 Å². The van der Waals surface area contributed by atoms with Gasteiger partial charge in [0.25, 0.3) is 0 Å². The first-order valence-corrected chi connectivity index (χ1v) is 6.61. The molecule has 1 rings (SSSR count). The second-order valence-corrected chi connectivity index (χ2v) is 4.86. The third-order valence-electron chi connectivity index (χ3n) is 1.84. The Kier molecular flexibility index (Phi) is 4.93. The molecule has 1 aromatic heterocycles. The second kappa shape index (κ2) is 5.99. The van der Waals surface area contributed by atoms with Gasteiger partial charge in [-0.3, -0.25) is 4.57 Å². The molecule has 0 radical (unpaired) electrons. The zero-order chi connectivity index (χ0) is 12.0. The first-order chi connectivity index (χ1) is 7.68. The minimum Gasteiger partial charge on any atom is -0.480 e. The highest BCUT2D eigenvalue weighted by Gasteiger charge is 2.30. The maximum Gasteiger partial charge on any atom is 0.366 e. The molecule has 0 spiro atoms. The van der Waals surface area contributed by atoms with E-state index < -0.39 is 7.60 Å². The Labute approximate surface area is 95.3 Å². The predicted molar refractivity (Wildman–Crippen MR) is 61.3 cm³/mol. The van der Waals surface area contributed by atoms with Crippen LogP contribution in [0.2, 0.25) is 0 Å². The zero-order valence-corrected chi connectivity index (χ0v) is 10.6. The van der Waals surface area contributed by atoms with Gasteiger partial charge in [0.2, 0.25) is 5.88 Å². The van der Waals surface area contributed by atoms with E-state index in [4.69, 9.17) is 13.8 Å². The van der Waals surface area contributed by atoms with Gasteiger partial charge in [0.05, 0.1) is 20.3 Å². The number of methoxy groups -OCH3 is 1. The molecule has 6 heteroatoms. The van der Waals surface area contributed by atoms with Crippen LogP contribution in [0.3, 0.4) is 0 Å². The number of pyridine rings is 1. The largest absolute Gasteiger partial charge is 0.480 e. The molecule has 0 saturated carbocycles. The summed E-state index contributed by atoms with van der Waals surface area (Å²) in [5, 5.41) is 0.362. The van der Waals surface area contributed by atoms with Crippen LogP contribution in [0.1, 0.15) is 13.8 Å². The van der Waals surface area contributed by atoms with Gasteiger partial charge in [0.15, 0.2) is 0 Å². The van der Waals surface area contributed by atoms with Gasteiger partial charge in [-0.05, 0) is 26.0 Å². The molecule has 0 aliphatic heterocycles. The van der Waals surface area contributed by atoms with E-state index in [0.717, 1.165) is 0 Å². The fourth-order valence-electron chi connectivity index (χ4n) is 1.26. The number of nitrogens with zero attached hydrogens (tertiary/aromatic N) is 1. The van der Waals surface area contributed by atoms with E-state index in [9.17, 15) is 4.57 Å². The van der Waals surface area contributed by atoms with Gasteiger partial charge in [-0.15, -0.1) is 0 Å². The molecule has 1 heterocycles. The zero-order valence-electron chi connectivity index (χ0n) is 9.67. The normalized spacial score (nSPS) is 11.4. The summed E-state index contributed by atoms with van der Waals surface area (Å²) in [6.07, 6.45) is 1.56. The van der Waals surface area contributed by atoms with Crippen molar-refractivity contribution in [3.8, 4) is 5.88 Å². The quantitative estimate of drug-likeness (QED) is 0.717. The van der Waals surface area contributed by atoms with E-state index in [0.29, 0.717) is 18.5 Å². The number of aromatic nitrogens is 1. The van der Waals surface area contributed by atoms with Crippen molar-refractivity contribution in [1.29, 1.82) is 0 Å². The average Bonchev–Trinajstić information content (AvgIpc) is 2.29. The van der Waals surface area contributed by atoms with E-state index in [1.165, 1.54) is 7.11 Å². The highest BCUT2D eigenvalue weighted by Crippen LogP contribution is 2.48. The van der Waals surface area contributed by atoms with Crippen LogP contribution < -0.4 is 10.0 Å². The van der Waals surface area contributed by atoms with Crippen LogP contribution in [0.25, 0.3) is 0 Å². The lowest BCUT2D eigenvalue weighted by Crippen LogP contribution is -2.14. The van der Waals surface area contributed by atoms with Crippen molar-refractivity contribution in [3.63, 3.8) is 0 Å². The number of rotatable bonds is 6. The van der Waals surface area contributed by atoms with Crippen LogP contribution in [0.4, 0.5) is 0 Å². The van der Waals surface area contributed by atoms with Crippen LogP contribution >= 0.6 is 7.60 Å². The molecule has 5 nitrogen and oxygen atoms in total. The Bertz CT molecular complexity index is 373. The summed E-state index contributed by atoms with van der Waals surface area (Å²) in [6.45, 7) is 4.12. The van der Waals surface area contributed by atoms with E-state index in [1.807, 2.05) is 0 Å². The first kappa shape index (κ1) is 13.2. The topological polar surface area (TPSA) is 57.7 Å². The van der Waals surface area contributed by atoms with Gasteiger partial charge in [0.1, 0.15) is 5.30 Å². The van der Waals surface area contributed by atoms with E-state index in [-0.39, 0.29) is 5.88 Å². The minimum absolute atomic E-state index is 0.271. The molecule has 90 valence electrons. The molecule has 0 atom stereocenters. The van der Waals surface area contributed by atoms with Crippen LogP contribution in [0.15, 0.2) is 18.3 Å². The second-order valence-electron chi connectivity index (χ2n) is 2.86. The van der Waals surface area contributed by atoms with Gasteiger partial charge >= 0.3 is 7.60 Å². The molecule has 16 heavy (non-hydrogen) atoms. The van der Waals surface area contributed by atoms with Crippen LogP contribution in [0.5, 0.6) is 5.88 Å². The number of hydrogen-bond donors (Lipinski definition) is 0. The molecule has 0 aliphatic rings. The summed E-state index contributed by atoms with van der Waals surface area (Å²) in [6, 6.07) is 3.31. The van der Waals surface area contributed by atoms with Crippen molar-refractivity contribution in [2.75, 3.05) is 20.3 Å². The molecular formula is C10H16NO4P. The lowest BCUT2D eigenvalue weighted by atomic mass is 10.5. The molecule has 0 saturated heterocycles. The van der Waals surface area contributed by atoms with Crippen molar-refractivity contribution >= 4 is 12.9 Å². The first-order valence-electron chi connectivity index (χ1n) is 5.06. The summed E-state index contributed by atoms with van der Waals surface area (Å²) in [7, 11) is -1.85. The van der Waals surface area contributed by atoms with Crippen molar-refractivity contribution in [3.05, 3.63) is 18.3 Å². The third kappa shape index (κ3) is 2.82. The number of ether oxygens (including phenoxy) is 1. The summed E-state index contributed by atoms with van der Waals surface area (Å²) >= 11 is 0. The van der Waals surface area contributed by atoms with Crippen molar-refractivity contribution in [2.45, 2.75) is 13.8 Å². The van der Waals surface area contributed by atoms with Gasteiger partial charge in [-0.25, -0.2) is 4.98 Å². The van der Waals surface area contributed by atoms with E-state index in [2.05, 4.69) is 4.98 Å². The molecule has 0 aromatic carbocycles. The van der Waals surface area contributed by atoms with Crippen LogP contribution in [-0.2, 0) is 13.6 Å². The Balaban J connectivity index is 3.15. The maximum atomic E-state index is 12.4. The minimum atomic E-state index is -3.31. The lowest BCUT2D eigenvalue weighted by molar-refractivity contribution is 0.229. The monoisotopic (exact) mass is 245 g/mol.